The average Bonchev–Trinajstić information content (AvgIpc) is 3.00. The minimum Gasteiger partial charge on any atom is -0.377 e. The number of ether oxygens (including phenoxy) is 2. The molecule has 1 saturated carbocycles. The number of hydrogen-bond acceptors (Lipinski definition) is 3. The molecule has 3 aliphatic rings. The van der Waals surface area contributed by atoms with Crippen LogP contribution in [0.15, 0.2) is 4.99 Å². The molecule has 2 N–H and O–H groups in total. The molecule has 3 rings (SSSR count). The smallest absolute Gasteiger partial charge is 0.191 e. The Morgan fingerprint density at radius 1 is 1.18 bits per heavy atom. The Bertz CT molecular complexity index is 397. The molecule has 3 fully saturated rings. The van der Waals surface area contributed by atoms with Crippen LogP contribution >= 0.6 is 24.0 Å². The molecule has 2 heterocycles. The number of guanidine groups is 1. The molecule has 0 aromatic carbocycles. The lowest BCUT2D eigenvalue weighted by atomic mass is 9.55. The van der Waals surface area contributed by atoms with Crippen LogP contribution in [0.4, 0.5) is 0 Å². The highest BCUT2D eigenvalue weighted by atomic mass is 127. The normalized spacial score (nSPS) is 36.8. The van der Waals surface area contributed by atoms with Gasteiger partial charge in [-0.05, 0) is 25.7 Å². The zero-order chi connectivity index (χ0) is 14.9. The number of nitrogens with one attached hydrogen (secondary N) is 2. The molecule has 0 amide bonds. The molecule has 0 radical (unpaired) electrons. The topological polar surface area (TPSA) is 54.9 Å². The van der Waals surface area contributed by atoms with Crippen LogP contribution in [-0.4, -0.2) is 51.0 Å². The summed E-state index contributed by atoms with van der Waals surface area (Å²) < 4.78 is 11.6. The molecular weight excluding hydrogens is 393 g/mol. The maximum absolute atomic E-state index is 5.96. The van der Waals surface area contributed by atoms with Gasteiger partial charge in [0, 0.05) is 44.2 Å². The van der Waals surface area contributed by atoms with Gasteiger partial charge < -0.3 is 20.1 Å². The van der Waals surface area contributed by atoms with Crippen LogP contribution < -0.4 is 10.6 Å². The Morgan fingerprint density at radius 2 is 1.91 bits per heavy atom. The first kappa shape index (κ1) is 18.3. The lowest BCUT2D eigenvalue weighted by molar-refractivity contribution is -0.188. The summed E-state index contributed by atoms with van der Waals surface area (Å²) in [4.78, 5) is 4.37. The molecule has 6 heteroatoms. The van der Waals surface area contributed by atoms with Crippen LogP contribution in [0.2, 0.25) is 0 Å². The standard InChI is InChI=1S/C16H29N3O2.HI/c1-16(2)13(12-7-5-9-21-14(12)16)19-15(17-3)18-10-11-6-4-8-20-11;/h11-14H,4-10H2,1-3H3,(H2,17,18,19);1H. The summed E-state index contributed by atoms with van der Waals surface area (Å²) in [5, 5.41) is 7.04. The van der Waals surface area contributed by atoms with Crippen molar-refractivity contribution in [1.29, 1.82) is 0 Å². The summed E-state index contributed by atoms with van der Waals surface area (Å²) in [7, 11) is 1.84. The fraction of sp³-hybridized carbons (Fsp3) is 0.938. The minimum absolute atomic E-state index is 0. The van der Waals surface area contributed by atoms with Crippen molar-refractivity contribution in [2.45, 2.75) is 57.8 Å². The lowest BCUT2D eigenvalue weighted by Gasteiger charge is -2.60. The molecule has 5 nitrogen and oxygen atoms in total. The van der Waals surface area contributed by atoms with Crippen molar-refractivity contribution in [3.8, 4) is 0 Å². The fourth-order valence-corrected chi connectivity index (χ4v) is 4.17. The van der Waals surface area contributed by atoms with Crippen molar-refractivity contribution in [1.82, 2.24) is 10.6 Å². The summed E-state index contributed by atoms with van der Waals surface area (Å²) in [6.45, 7) is 7.25. The summed E-state index contributed by atoms with van der Waals surface area (Å²) in [5.74, 6) is 1.52. The van der Waals surface area contributed by atoms with Crippen molar-refractivity contribution in [3.63, 3.8) is 0 Å². The molecule has 4 atom stereocenters. The van der Waals surface area contributed by atoms with E-state index >= 15 is 0 Å². The summed E-state index contributed by atoms with van der Waals surface area (Å²) in [6.07, 6.45) is 5.50. The van der Waals surface area contributed by atoms with E-state index in [9.17, 15) is 0 Å². The summed E-state index contributed by atoms with van der Waals surface area (Å²) in [6, 6.07) is 0.443. The number of nitrogens with zero attached hydrogens (tertiary/aromatic N) is 1. The van der Waals surface area contributed by atoms with Gasteiger partial charge in [-0.2, -0.15) is 0 Å². The summed E-state index contributed by atoms with van der Waals surface area (Å²) >= 11 is 0. The van der Waals surface area contributed by atoms with Gasteiger partial charge in [-0.15, -0.1) is 24.0 Å². The molecule has 4 unspecified atom stereocenters. The van der Waals surface area contributed by atoms with E-state index in [0.717, 1.165) is 32.1 Å². The van der Waals surface area contributed by atoms with Crippen molar-refractivity contribution in [3.05, 3.63) is 0 Å². The van der Waals surface area contributed by atoms with Crippen LogP contribution in [0.3, 0.4) is 0 Å². The molecule has 2 aliphatic heterocycles. The SMILES string of the molecule is CN=C(NCC1CCCO1)NC1C2CCCOC2C1(C)C.I. The molecule has 0 aromatic heterocycles. The highest BCUT2D eigenvalue weighted by molar-refractivity contribution is 14.0. The van der Waals surface area contributed by atoms with Gasteiger partial charge in [0.25, 0.3) is 0 Å². The third kappa shape index (κ3) is 3.53. The third-order valence-electron chi connectivity index (χ3n) is 5.37. The summed E-state index contributed by atoms with van der Waals surface area (Å²) in [5.41, 5.74) is 0.173. The van der Waals surface area contributed by atoms with E-state index in [2.05, 4.69) is 29.5 Å². The van der Waals surface area contributed by atoms with Gasteiger partial charge in [-0.25, -0.2) is 0 Å². The molecule has 1 aliphatic carbocycles. The van der Waals surface area contributed by atoms with Gasteiger partial charge >= 0.3 is 0 Å². The maximum Gasteiger partial charge on any atom is 0.191 e. The molecule has 0 spiro atoms. The second-order valence-corrected chi connectivity index (χ2v) is 7.13. The lowest BCUT2D eigenvalue weighted by Crippen LogP contribution is -2.71. The highest BCUT2D eigenvalue weighted by Gasteiger charge is 2.58. The van der Waals surface area contributed by atoms with E-state index in [0.29, 0.717) is 24.2 Å². The Labute approximate surface area is 151 Å². The fourth-order valence-electron chi connectivity index (χ4n) is 4.17. The van der Waals surface area contributed by atoms with Gasteiger partial charge in [0.2, 0.25) is 0 Å². The van der Waals surface area contributed by atoms with Gasteiger partial charge in [0.15, 0.2) is 5.96 Å². The Balaban J connectivity index is 0.00000176. The van der Waals surface area contributed by atoms with Crippen LogP contribution in [0.5, 0.6) is 0 Å². The number of rotatable bonds is 3. The van der Waals surface area contributed by atoms with E-state index in [1.54, 1.807) is 0 Å². The van der Waals surface area contributed by atoms with E-state index < -0.39 is 0 Å². The Hall–Kier alpha value is -0.0800. The van der Waals surface area contributed by atoms with Gasteiger partial charge in [0.05, 0.1) is 12.2 Å². The zero-order valence-electron chi connectivity index (χ0n) is 13.9. The first-order valence-corrected chi connectivity index (χ1v) is 8.33. The first-order valence-electron chi connectivity index (χ1n) is 8.33. The van der Waals surface area contributed by atoms with Crippen LogP contribution in [-0.2, 0) is 9.47 Å². The van der Waals surface area contributed by atoms with Gasteiger partial charge in [0.1, 0.15) is 0 Å². The average molecular weight is 423 g/mol. The minimum atomic E-state index is 0. The van der Waals surface area contributed by atoms with Crippen molar-refractivity contribution in [2.24, 2.45) is 16.3 Å². The highest BCUT2D eigenvalue weighted by Crippen LogP contribution is 2.51. The number of fused-ring (bicyclic) bond motifs is 1. The predicted molar refractivity (Wildman–Crippen MR) is 98.9 cm³/mol. The molecule has 0 aromatic rings. The second kappa shape index (κ2) is 7.66. The Kier molecular flexibility index (Phi) is 6.36. The predicted octanol–water partition coefficient (Wildman–Crippen LogP) is 2.15. The quantitative estimate of drug-likeness (QED) is 0.415. The Morgan fingerprint density at radius 3 is 2.59 bits per heavy atom. The maximum atomic E-state index is 5.96. The van der Waals surface area contributed by atoms with E-state index in [1.807, 2.05) is 7.05 Å². The van der Waals surface area contributed by atoms with Crippen LogP contribution in [0.1, 0.15) is 39.5 Å². The second-order valence-electron chi connectivity index (χ2n) is 7.13. The van der Waals surface area contributed by atoms with Gasteiger partial charge in [-0.1, -0.05) is 13.8 Å². The van der Waals surface area contributed by atoms with E-state index in [1.165, 1.54) is 19.3 Å². The van der Waals surface area contributed by atoms with Gasteiger partial charge in [-0.3, -0.25) is 4.99 Å². The number of aliphatic imine (C=N–C) groups is 1. The van der Waals surface area contributed by atoms with E-state index in [4.69, 9.17) is 9.47 Å². The zero-order valence-corrected chi connectivity index (χ0v) is 16.3. The monoisotopic (exact) mass is 423 g/mol. The van der Waals surface area contributed by atoms with Crippen LogP contribution in [0, 0.1) is 11.3 Å². The largest absolute Gasteiger partial charge is 0.377 e. The molecule has 22 heavy (non-hydrogen) atoms. The van der Waals surface area contributed by atoms with Crippen LogP contribution in [0.25, 0.3) is 0 Å². The van der Waals surface area contributed by atoms with Crippen molar-refractivity contribution in [2.75, 3.05) is 26.8 Å². The third-order valence-corrected chi connectivity index (χ3v) is 5.37. The van der Waals surface area contributed by atoms with Crippen molar-refractivity contribution >= 4 is 29.9 Å². The first-order chi connectivity index (χ1) is 10.1. The molecular formula is C16H30IN3O2. The molecule has 2 saturated heterocycles. The number of hydrogen-bond donors (Lipinski definition) is 2. The molecule has 128 valence electrons. The van der Waals surface area contributed by atoms with Crippen molar-refractivity contribution < 1.29 is 9.47 Å². The van der Waals surface area contributed by atoms with E-state index in [-0.39, 0.29) is 29.4 Å². The number of halogens is 1. The molecule has 0 bridgehead atoms.